The zero-order chi connectivity index (χ0) is 13.2. The van der Waals surface area contributed by atoms with Gasteiger partial charge in [-0.1, -0.05) is 5.10 Å². The first kappa shape index (κ1) is 14.9. The molecule has 0 atom stereocenters. The van der Waals surface area contributed by atoms with Crippen LogP contribution in [0.5, 0.6) is 0 Å². The minimum absolute atomic E-state index is 0.232. The number of methoxy groups -OCH3 is 1. The summed E-state index contributed by atoms with van der Waals surface area (Å²) in [5.74, 6) is 0.554. The molecule has 0 bridgehead atoms. The van der Waals surface area contributed by atoms with Crippen molar-refractivity contribution in [1.82, 2.24) is 15.5 Å². The number of rotatable bonds is 10. The van der Waals surface area contributed by atoms with Gasteiger partial charge >= 0.3 is 6.01 Å². The molecule has 18 heavy (non-hydrogen) atoms. The van der Waals surface area contributed by atoms with Crippen LogP contribution in [0.15, 0.2) is 4.42 Å². The van der Waals surface area contributed by atoms with Gasteiger partial charge in [0.05, 0.1) is 25.9 Å². The van der Waals surface area contributed by atoms with Crippen LogP contribution in [0.2, 0.25) is 0 Å². The predicted octanol–water partition coefficient (Wildman–Crippen LogP) is 0.642. The van der Waals surface area contributed by atoms with Gasteiger partial charge in [-0.15, -0.1) is 5.10 Å². The lowest BCUT2D eigenvalue weighted by Crippen LogP contribution is -2.18. The van der Waals surface area contributed by atoms with Crippen molar-refractivity contribution in [2.24, 2.45) is 0 Å². The van der Waals surface area contributed by atoms with Crippen molar-refractivity contribution < 1.29 is 13.9 Å². The molecule has 0 spiro atoms. The van der Waals surface area contributed by atoms with Gasteiger partial charge in [0.25, 0.3) is 0 Å². The number of hydrogen-bond acceptors (Lipinski definition) is 7. The van der Waals surface area contributed by atoms with E-state index in [1.54, 1.807) is 7.11 Å². The lowest BCUT2D eigenvalue weighted by atomic mass is 10.5. The molecule has 0 saturated heterocycles. The monoisotopic (exact) mass is 258 g/mol. The Labute approximate surface area is 107 Å². The summed E-state index contributed by atoms with van der Waals surface area (Å²) in [6.45, 7) is 7.21. The van der Waals surface area contributed by atoms with Crippen LogP contribution >= 0.6 is 0 Å². The van der Waals surface area contributed by atoms with Gasteiger partial charge in [0.2, 0.25) is 5.89 Å². The van der Waals surface area contributed by atoms with Crippen LogP contribution in [0, 0.1) is 0 Å². The van der Waals surface area contributed by atoms with Crippen LogP contribution in [0.4, 0.5) is 6.01 Å². The highest BCUT2D eigenvalue weighted by Crippen LogP contribution is 2.04. The van der Waals surface area contributed by atoms with Crippen molar-refractivity contribution in [2.75, 3.05) is 38.7 Å². The van der Waals surface area contributed by atoms with Gasteiger partial charge in [0, 0.05) is 20.2 Å². The molecule has 7 nitrogen and oxygen atoms in total. The highest BCUT2D eigenvalue weighted by Gasteiger charge is 2.04. The molecule has 0 aliphatic heterocycles. The summed E-state index contributed by atoms with van der Waals surface area (Å²) in [7, 11) is 1.66. The van der Waals surface area contributed by atoms with E-state index in [-0.39, 0.29) is 6.10 Å². The second-order valence-electron chi connectivity index (χ2n) is 4.02. The molecule has 1 heterocycles. The molecule has 104 valence electrons. The van der Waals surface area contributed by atoms with Crippen LogP contribution in [0.25, 0.3) is 0 Å². The van der Waals surface area contributed by atoms with E-state index >= 15 is 0 Å². The van der Waals surface area contributed by atoms with Gasteiger partial charge in [-0.3, -0.25) is 0 Å². The lowest BCUT2D eigenvalue weighted by molar-refractivity contribution is 0.0868. The Bertz CT molecular complexity index is 317. The topological polar surface area (TPSA) is 81.4 Å². The van der Waals surface area contributed by atoms with Crippen molar-refractivity contribution in [3.8, 4) is 0 Å². The van der Waals surface area contributed by atoms with Crippen LogP contribution in [-0.2, 0) is 16.0 Å². The third kappa shape index (κ3) is 6.53. The summed E-state index contributed by atoms with van der Waals surface area (Å²) in [5, 5.41) is 13.9. The van der Waals surface area contributed by atoms with E-state index in [1.165, 1.54) is 0 Å². The van der Waals surface area contributed by atoms with E-state index in [9.17, 15) is 0 Å². The highest BCUT2D eigenvalue weighted by molar-refractivity contribution is 5.16. The van der Waals surface area contributed by atoms with Gasteiger partial charge in [0.1, 0.15) is 0 Å². The molecular formula is C11H22N4O3. The van der Waals surface area contributed by atoms with Gasteiger partial charge in [-0.2, -0.15) is 0 Å². The fourth-order valence-electron chi connectivity index (χ4n) is 1.22. The van der Waals surface area contributed by atoms with Crippen LogP contribution in [0.3, 0.4) is 0 Å². The second kappa shape index (κ2) is 8.84. The molecule has 1 rings (SSSR count). The Morgan fingerprint density at radius 3 is 2.78 bits per heavy atom. The first-order chi connectivity index (χ1) is 8.72. The van der Waals surface area contributed by atoms with Crippen LogP contribution < -0.4 is 10.6 Å². The largest absolute Gasteiger partial charge is 0.407 e. The molecule has 2 N–H and O–H groups in total. The number of aromatic nitrogens is 2. The Morgan fingerprint density at radius 2 is 2.06 bits per heavy atom. The first-order valence-corrected chi connectivity index (χ1v) is 6.10. The van der Waals surface area contributed by atoms with Gasteiger partial charge in [-0.05, 0) is 13.8 Å². The van der Waals surface area contributed by atoms with Gasteiger partial charge in [0.15, 0.2) is 0 Å². The Balaban J connectivity index is 2.13. The van der Waals surface area contributed by atoms with Gasteiger partial charge in [-0.25, -0.2) is 0 Å². The molecule has 0 unspecified atom stereocenters. The Hall–Kier alpha value is -1.18. The summed E-state index contributed by atoms with van der Waals surface area (Å²) >= 11 is 0. The molecule has 0 saturated carbocycles. The molecule has 0 aliphatic carbocycles. The molecule has 7 heteroatoms. The summed E-state index contributed by atoms with van der Waals surface area (Å²) in [6, 6.07) is 0.422. The number of anilines is 1. The third-order valence-corrected chi connectivity index (χ3v) is 2.06. The molecule has 0 aromatic carbocycles. The number of nitrogens with zero attached hydrogens (tertiary/aromatic N) is 2. The minimum atomic E-state index is 0.232. The van der Waals surface area contributed by atoms with Crippen molar-refractivity contribution >= 4 is 6.01 Å². The zero-order valence-electron chi connectivity index (χ0n) is 11.2. The number of hydrogen-bond donors (Lipinski definition) is 2. The smallest absolute Gasteiger partial charge is 0.315 e. The fraction of sp³-hybridized carbons (Fsp3) is 0.818. The lowest BCUT2D eigenvalue weighted by Gasteiger charge is -2.06. The molecule has 0 amide bonds. The first-order valence-electron chi connectivity index (χ1n) is 6.10. The van der Waals surface area contributed by atoms with Crippen molar-refractivity contribution in [3.63, 3.8) is 0 Å². The maximum atomic E-state index is 5.38. The number of ether oxygens (including phenoxy) is 2. The van der Waals surface area contributed by atoms with E-state index in [0.717, 1.165) is 6.54 Å². The quantitative estimate of drug-likeness (QED) is 0.596. The average molecular weight is 258 g/mol. The molecular weight excluding hydrogens is 236 g/mol. The maximum Gasteiger partial charge on any atom is 0.315 e. The summed E-state index contributed by atoms with van der Waals surface area (Å²) in [6.07, 6.45) is 0.232. The standard InChI is InChI=1S/C11H22N4O3/c1-9(2)17-7-5-13-11-15-14-10(18-11)8-12-4-6-16-3/h9,12H,4-8H2,1-3H3,(H,13,15). The summed E-state index contributed by atoms with van der Waals surface area (Å²) < 4.78 is 15.7. The zero-order valence-corrected chi connectivity index (χ0v) is 11.2. The van der Waals surface area contributed by atoms with E-state index in [0.29, 0.717) is 38.2 Å². The van der Waals surface area contributed by atoms with Crippen molar-refractivity contribution in [2.45, 2.75) is 26.5 Å². The van der Waals surface area contributed by atoms with E-state index in [2.05, 4.69) is 20.8 Å². The van der Waals surface area contributed by atoms with E-state index < -0.39 is 0 Å². The summed E-state index contributed by atoms with van der Waals surface area (Å²) in [4.78, 5) is 0. The highest BCUT2D eigenvalue weighted by atomic mass is 16.5. The molecule has 1 aromatic heterocycles. The van der Waals surface area contributed by atoms with Crippen molar-refractivity contribution in [3.05, 3.63) is 5.89 Å². The van der Waals surface area contributed by atoms with Crippen molar-refractivity contribution in [1.29, 1.82) is 0 Å². The third-order valence-electron chi connectivity index (χ3n) is 2.06. The van der Waals surface area contributed by atoms with Crippen LogP contribution in [0.1, 0.15) is 19.7 Å². The second-order valence-corrected chi connectivity index (χ2v) is 4.02. The maximum absolute atomic E-state index is 5.38. The Kier molecular flexibility index (Phi) is 7.31. The predicted molar refractivity (Wildman–Crippen MR) is 67.5 cm³/mol. The minimum Gasteiger partial charge on any atom is -0.407 e. The molecule has 1 aromatic rings. The fourth-order valence-corrected chi connectivity index (χ4v) is 1.22. The molecule has 0 radical (unpaired) electrons. The molecule has 0 fully saturated rings. The van der Waals surface area contributed by atoms with E-state index in [1.807, 2.05) is 13.8 Å². The average Bonchev–Trinajstić information content (AvgIpc) is 2.78. The molecule has 0 aliphatic rings. The summed E-state index contributed by atoms with van der Waals surface area (Å²) in [5.41, 5.74) is 0. The SMILES string of the molecule is COCCNCc1nnc(NCCOC(C)C)o1. The number of nitrogens with one attached hydrogen (secondary N) is 2. The van der Waals surface area contributed by atoms with Crippen LogP contribution in [-0.4, -0.2) is 49.7 Å². The van der Waals surface area contributed by atoms with E-state index in [4.69, 9.17) is 13.9 Å². The normalized spacial score (nSPS) is 11.1. The van der Waals surface area contributed by atoms with Gasteiger partial charge < -0.3 is 24.5 Å². The Morgan fingerprint density at radius 1 is 1.22 bits per heavy atom.